The summed E-state index contributed by atoms with van der Waals surface area (Å²) in [6, 6.07) is 11.6. The number of amides is 1. The molecule has 1 heterocycles. The Morgan fingerprint density at radius 3 is 2.65 bits per heavy atom. The van der Waals surface area contributed by atoms with Gasteiger partial charge in [-0.25, -0.2) is 4.79 Å². The summed E-state index contributed by atoms with van der Waals surface area (Å²) in [6.45, 7) is 3.63. The van der Waals surface area contributed by atoms with Gasteiger partial charge in [0.1, 0.15) is 0 Å². The zero-order valence-electron chi connectivity index (χ0n) is 14.5. The van der Waals surface area contributed by atoms with E-state index in [0.717, 1.165) is 17.7 Å². The lowest BCUT2D eigenvalue weighted by Crippen LogP contribution is -2.39. The van der Waals surface area contributed by atoms with Crippen LogP contribution in [0.1, 0.15) is 28.4 Å². The molecule has 1 amide bonds. The molecule has 1 aliphatic rings. The lowest BCUT2D eigenvalue weighted by molar-refractivity contribution is -0.385. The van der Waals surface area contributed by atoms with Gasteiger partial charge < -0.3 is 9.64 Å². The van der Waals surface area contributed by atoms with E-state index < -0.39 is 17.0 Å². The molecule has 0 saturated carbocycles. The molecule has 1 aliphatic heterocycles. The van der Waals surface area contributed by atoms with Crippen LogP contribution < -0.4 is 4.90 Å². The van der Waals surface area contributed by atoms with Crippen LogP contribution in [0.2, 0.25) is 0 Å². The maximum Gasteiger partial charge on any atom is 0.338 e. The number of nitrogens with zero attached hydrogens (tertiary/aromatic N) is 2. The predicted molar refractivity (Wildman–Crippen MR) is 95.2 cm³/mol. The Morgan fingerprint density at radius 2 is 1.96 bits per heavy atom. The highest BCUT2D eigenvalue weighted by molar-refractivity contribution is 6.00. The molecule has 0 fully saturated rings. The highest BCUT2D eigenvalue weighted by atomic mass is 16.6. The fraction of sp³-hybridized carbons (Fsp3) is 0.263. The number of benzene rings is 2. The van der Waals surface area contributed by atoms with Gasteiger partial charge in [0, 0.05) is 23.9 Å². The van der Waals surface area contributed by atoms with E-state index in [9.17, 15) is 19.7 Å². The molecule has 0 N–H and O–H groups in total. The van der Waals surface area contributed by atoms with Crippen molar-refractivity contribution >= 4 is 23.3 Å². The summed E-state index contributed by atoms with van der Waals surface area (Å²) in [7, 11) is 0. The van der Waals surface area contributed by atoms with E-state index in [1.165, 1.54) is 25.1 Å². The number of hydrogen-bond donors (Lipinski definition) is 0. The fourth-order valence-electron chi connectivity index (χ4n) is 3.05. The van der Waals surface area contributed by atoms with E-state index in [2.05, 4.69) is 0 Å². The largest absolute Gasteiger partial charge is 0.449 e. The van der Waals surface area contributed by atoms with E-state index >= 15 is 0 Å². The van der Waals surface area contributed by atoms with Crippen molar-refractivity contribution in [2.45, 2.75) is 26.4 Å². The molecule has 26 heavy (non-hydrogen) atoms. The smallest absolute Gasteiger partial charge is 0.338 e. The minimum atomic E-state index is -0.954. The number of hydrogen-bond acceptors (Lipinski definition) is 5. The Morgan fingerprint density at radius 1 is 1.23 bits per heavy atom. The van der Waals surface area contributed by atoms with Crippen LogP contribution >= 0.6 is 0 Å². The first-order valence-corrected chi connectivity index (χ1v) is 8.24. The van der Waals surface area contributed by atoms with Crippen LogP contribution in [0.15, 0.2) is 42.5 Å². The average molecular weight is 354 g/mol. The quantitative estimate of drug-likeness (QED) is 0.478. The van der Waals surface area contributed by atoms with Gasteiger partial charge >= 0.3 is 5.97 Å². The zero-order chi connectivity index (χ0) is 18.8. The Kier molecular flexibility index (Phi) is 4.71. The molecular weight excluding hydrogens is 336 g/mol. The maximum absolute atomic E-state index is 12.6. The summed E-state index contributed by atoms with van der Waals surface area (Å²) in [5.74, 6) is -0.974. The van der Waals surface area contributed by atoms with Crippen molar-refractivity contribution < 1.29 is 19.2 Å². The molecule has 134 valence electrons. The van der Waals surface area contributed by atoms with Gasteiger partial charge in [0.25, 0.3) is 11.6 Å². The predicted octanol–water partition coefficient (Wildman–Crippen LogP) is 3.04. The molecule has 0 unspecified atom stereocenters. The van der Waals surface area contributed by atoms with Crippen molar-refractivity contribution in [2.75, 3.05) is 11.4 Å². The van der Waals surface area contributed by atoms with Gasteiger partial charge in [-0.2, -0.15) is 0 Å². The number of nitro groups is 1. The third-order valence-corrected chi connectivity index (χ3v) is 4.41. The molecule has 7 nitrogen and oxygen atoms in total. The molecule has 0 aromatic heterocycles. The molecule has 3 rings (SSSR count). The highest BCUT2D eigenvalue weighted by Gasteiger charge is 2.30. The summed E-state index contributed by atoms with van der Waals surface area (Å²) in [5, 5.41) is 10.9. The fourth-order valence-corrected chi connectivity index (χ4v) is 3.05. The van der Waals surface area contributed by atoms with Crippen LogP contribution in [0.3, 0.4) is 0 Å². The molecule has 2 aromatic rings. The van der Waals surface area contributed by atoms with E-state index in [0.29, 0.717) is 12.1 Å². The second-order valence-electron chi connectivity index (χ2n) is 6.17. The third kappa shape index (κ3) is 3.28. The first kappa shape index (κ1) is 17.6. The molecule has 0 spiro atoms. The number of fused-ring (bicyclic) bond motifs is 1. The van der Waals surface area contributed by atoms with Gasteiger partial charge in [-0.05, 0) is 44.0 Å². The monoisotopic (exact) mass is 354 g/mol. The number of esters is 1. The second kappa shape index (κ2) is 6.95. The standard InChI is InChI=1S/C19H18N2O5/c1-12-11-15(7-8-16(12)21(24)25)19(23)26-13(2)18(22)20-10-9-14-5-3-4-6-17(14)20/h3-8,11,13H,9-10H2,1-2H3/t13-/m1/s1. The van der Waals surface area contributed by atoms with E-state index in [4.69, 9.17) is 4.74 Å². The number of aryl methyl sites for hydroxylation is 1. The number of para-hydroxylation sites is 1. The van der Waals surface area contributed by atoms with Crippen molar-refractivity contribution in [1.29, 1.82) is 0 Å². The minimum Gasteiger partial charge on any atom is -0.449 e. The SMILES string of the molecule is Cc1cc(C(=O)O[C@H](C)C(=O)N2CCc3ccccc32)ccc1[N+](=O)[O-]. The summed E-state index contributed by atoms with van der Waals surface area (Å²) in [5.41, 5.74) is 2.39. The minimum absolute atomic E-state index is 0.0700. The number of carbonyl (C=O) groups excluding carboxylic acids is 2. The summed E-state index contributed by atoms with van der Waals surface area (Å²) in [4.78, 5) is 36.9. The molecule has 7 heteroatoms. The van der Waals surface area contributed by atoms with Crippen LogP contribution in [-0.4, -0.2) is 29.4 Å². The van der Waals surface area contributed by atoms with Crippen molar-refractivity contribution in [1.82, 2.24) is 0 Å². The number of rotatable bonds is 4. The molecule has 0 saturated heterocycles. The van der Waals surface area contributed by atoms with E-state index in [-0.39, 0.29) is 17.2 Å². The van der Waals surface area contributed by atoms with E-state index in [1.807, 2.05) is 24.3 Å². The van der Waals surface area contributed by atoms with E-state index in [1.54, 1.807) is 11.8 Å². The number of ether oxygens (including phenoxy) is 1. The normalized spacial score (nSPS) is 13.8. The zero-order valence-corrected chi connectivity index (χ0v) is 14.5. The Balaban J connectivity index is 1.71. The van der Waals surface area contributed by atoms with Crippen molar-refractivity contribution in [3.05, 3.63) is 69.3 Å². The van der Waals surface area contributed by atoms with Crippen molar-refractivity contribution in [3.63, 3.8) is 0 Å². The third-order valence-electron chi connectivity index (χ3n) is 4.41. The average Bonchev–Trinajstić information content (AvgIpc) is 3.04. The topological polar surface area (TPSA) is 89.8 Å². The van der Waals surface area contributed by atoms with Crippen LogP contribution in [0.25, 0.3) is 0 Å². The van der Waals surface area contributed by atoms with Crippen LogP contribution in [0.5, 0.6) is 0 Å². The van der Waals surface area contributed by atoms with Crippen molar-refractivity contribution in [3.8, 4) is 0 Å². The molecule has 0 bridgehead atoms. The Bertz CT molecular complexity index is 893. The second-order valence-corrected chi connectivity index (χ2v) is 6.17. The molecule has 2 aromatic carbocycles. The maximum atomic E-state index is 12.6. The van der Waals surface area contributed by atoms with Gasteiger partial charge in [-0.3, -0.25) is 14.9 Å². The number of anilines is 1. The Hall–Kier alpha value is -3.22. The van der Waals surface area contributed by atoms with Crippen LogP contribution in [0, 0.1) is 17.0 Å². The van der Waals surface area contributed by atoms with Crippen LogP contribution in [0.4, 0.5) is 11.4 Å². The summed E-state index contributed by atoms with van der Waals surface area (Å²) < 4.78 is 5.28. The van der Waals surface area contributed by atoms with Gasteiger partial charge in [-0.1, -0.05) is 18.2 Å². The summed E-state index contributed by atoms with van der Waals surface area (Å²) >= 11 is 0. The molecular formula is C19H18N2O5. The first-order valence-electron chi connectivity index (χ1n) is 8.24. The molecule has 0 aliphatic carbocycles. The molecule has 0 radical (unpaired) electrons. The van der Waals surface area contributed by atoms with Crippen molar-refractivity contribution in [2.24, 2.45) is 0 Å². The lowest BCUT2D eigenvalue weighted by Gasteiger charge is -2.21. The number of carbonyl (C=O) groups is 2. The number of nitro benzene ring substituents is 1. The van der Waals surface area contributed by atoms with Gasteiger partial charge in [0.05, 0.1) is 10.5 Å². The van der Waals surface area contributed by atoms with Gasteiger partial charge in [-0.15, -0.1) is 0 Å². The lowest BCUT2D eigenvalue weighted by atomic mass is 10.1. The van der Waals surface area contributed by atoms with Crippen LogP contribution in [-0.2, 0) is 16.0 Å². The first-order chi connectivity index (χ1) is 12.4. The summed E-state index contributed by atoms with van der Waals surface area (Å²) in [6.07, 6.45) is -0.187. The van der Waals surface area contributed by atoms with Gasteiger partial charge in [0.15, 0.2) is 6.10 Å². The Labute approximate surface area is 150 Å². The molecule has 1 atom stereocenters. The highest BCUT2D eigenvalue weighted by Crippen LogP contribution is 2.28. The van der Waals surface area contributed by atoms with Gasteiger partial charge in [0.2, 0.25) is 0 Å².